The van der Waals surface area contributed by atoms with Crippen molar-refractivity contribution in [2.45, 2.75) is 25.9 Å². The number of ether oxygens (including phenoxy) is 1. The molecule has 0 saturated carbocycles. The second-order valence-electron chi connectivity index (χ2n) is 5.32. The largest absolute Gasteiger partial charge is 0.377 e. The van der Waals surface area contributed by atoms with E-state index in [2.05, 4.69) is 42.3 Å². The topological polar surface area (TPSA) is 24.5 Å². The summed E-state index contributed by atoms with van der Waals surface area (Å²) in [5.74, 6) is 0. The molecule has 100 valence electrons. The van der Waals surface area contributed by atoms with Gasteiger partial charge in [0.05, 0.1) is 18.8 Å². The van der Waals surface area contributed by atoms with Gasteiger partial charge in [-0.2, -0.15) is 0 Å². The van der Waals surface area contributed by atoms with E-state index in [1.165, 1.54) is 5.69 Å². The van der Waals surface area contributed by atoms with Crippen LogP contribution in [0.25, 0.3) is 0 Å². The summed E-state index contributed by atoms with van der Waals surface area (Å²) in [6.07, 6.45) is 0. The van der Waals surface area contributed by atoms with Crippen molar-refractivity contribution in [3.8, 4) is 0 Å². The average molecular weight is 269 g/mol. The number of hydrogen-bond donors (Lipinski definition) is 1. The van der Waals surface area contributed by atoms with E-state index >= 15 is 0 Å². The first-order valence-electron chi connectivity index (χ1n) is 6.33. The van der Waals surface area contributed by atoms with Gasteiger partial charge in [-0.1, -0.05) is 17.7 Å². The van der Waals surface area contributed by atoms with Crippen LogP contribution in [0.3, 0.4) is 0 Å². The van der Waals surface area contributed by atoms with Crippen molar-refractivity contribution in [1.82, 2.24) is 5.32 Å². The number of anilines is 1. The van der Waals surface area contributed by atoms with Gasteiger partial charge in [-0.3, -0.25) is 0 Å². The van der Waals surface area contributed by atoms with Crippen LogP contribution in [-0.2, 0) is 11.3 Å². The number of benzene rings is 1. The highest BCUT2D eigenvalue weighted by molar-refractivity contribution is 6.31. The Labute approximate surface area is 114 Å². The molecular weight excluding hydrogens is 248 g/mol. The zero-order valence-electron chi connectivity index (χ0n) is 11.3. The first kappa shape index (κ1) is 13.7. The number of nitrogens with zero attached hydrogens (tertiary/aromatic N) is 1. The van der Waals surface area contributed by atoms with Crippen LogP contribution in [0.4, 0.5) is 5.69 Å². The molecule has 0 aliphatic carbocycles. The Hall–Kier alpha value is -0.770. The third-order valence-corrected chi connectivity index (χ3v) is 3.71. The zero-order valence-corrected chi connectivity index (χ0v) is 12.0. The fourth-order valence-corrected chi connectivity index (χ4v) is 2.62. The molecule has 3 nitrogen and oxygen atoms in total. The standard InChI is InChI=1S/C14H21ClN2O/c1-14(2)10-18-7-6-17(14)12-5-4-11(9-16-3)13(15)8-12/h4-5,8,16H,6-7,9-10H2,1-3H3. The Kier molecular flexibility index (Phi) is 4.15. The minimum Gasteiger partial charge on any atom is -0.377 e. The fourth-order valence-electron chi connectivity index (χ4n) is 2.37. The first-order chi connectivity index (χ1) is 8.54. The van der Waals surface area contributed by atoms with Crippen LogP contribution in [0.2, 0.25) is 5.02 Å². The lowest BCUT2D eigenvalue weighted by molar-refractivity contribution is 0.0644. The summed E-state index contributed by atoms with van der Waals surface area (Å²) in [7, 11) is 1.93. The normalized spacial score (nSPS) is 19.0. The minimum atomic E-state index is 0.0199. The molecule has 0 atom stereocenters. The Morgan fingerprint density at radius 1 is 1.44 bits per heavy atom. The van der Waals surface area contributed by atoms with Crippen LogP contribution in [0.5, 0.6) is 0 Å². The van der Waals surface area contributed by atoms with Crippen molar-refractivity contribution < 1.29 is 4.74 Å². The molecule has 1 N–H and O–H groups in total. The van der Waals surface area contributed by atoms with Crippen LogP contribution >= 0.6 is 11.6 Å². The quantitative estimate of drug-likeness (QED) is 0.912. The maximum atomic E-state index is 6.32. The van der Waals surface area contributed by atoms with Gasteiger partial charge in [0, 0.05) is 23.8 Å². The maximum absolute atomic E-state index is 6.32. The second-order valence-corrected chi connectivity index (χ2v) is 5.73. The van der Waals surface area contributed by atoms with Gasteiger partial charge in [0.25, 0.3) is 0 Å². The van der Waals surface area contributed by atoms with Crippen molar-refractivity contribution in [2.24, 2.45) is 0 Å². The summed E-state index contributed by atoms with van der Waals surface area (Å²) in [4.78, 5) is 2.37. The smallest absolute Gasteiger partial charge is 0.0694 e. The van der Waals surface area contributed by atoms with Gasteiger partial charge in [-0.15, -0.1) is 0 Å². The summed E-state index contributed by atoms with van der Waals surface area (Å²) in [6, 6.07) is 6.30. The molecule has 1 saturated heterocycles. The monoisotopic (exact) mass is 268 g/mol. The number of halogens is 1. The molecular formula is C14H21ClN2O. The van der Waals surface area contributed by atoms with Crippen molar-refractivity contribution in [1.29, 1.82) is 0 Å². The van der Waals surface area contributed by atoms with Gasteiger partial charge in [0.2, 0.25) is 0 Å². The van der Waals surface area contributed by atoms with Gasteiger partial charge in [-0.25, -0.2) is 0 Å². The molecule has 1 heterocycles. The molecule has 0 aromatic heterocycles. The average Bonchev–Trinajstić information content (AvgIpc) is 2.31. The lowest BCUT2D eigenvalue weighted by Gasteiger charge is -2.44. The van der Waals surface area contributed by atoms with Gasteiger partial charge in [0.1, 0.15) is 0 Å². The predicted octanol–water partition coefficient (Wildman–Crippen LogP) is 2.67. The number of nitrogens with one attached hydrogen (secondary N) is 1. The molecule has 0 amide bonds. The molecule has 1 aromatic carbocycles. The Bertz CT molecular complexity index is 420. The highest BCUT2D eigenvalue weighted by Crippen LogP contribution is 2.30. The maximum Gasteiger partial charge on any atom is 0.0694 e. The number of rotatable bonds is 3. The van der Waals surface area contributed by atoms with Gasteiger partial charge < -0.3 is 15.0 Å². The summed E-state index contributed by atoms with van der Waals surface area (Å²) in [6.45, 7) is 7.63. The van der Waals surface area contributed by atoms with Gasteiger partial charge >= 0.3 is 0 Å². The van der Waals surface area contributed by atoms with Crippen LogP contribution in [0, 0.1) is 0 Å². The van der Waals surface area contributed by atoms with Crippen LogP contribution in [0.1, 0.15) is 19.4 Å². The lowest BCUT2D eigenvalue weighted by Crippen LogP contribution is -2.53. The van der Waals surface area contributed by atoms with E-state index in [0.29, 0.717) is 0 Å². The molecule has 0 bridgehead atoms. The molecule has 18 heavy (non-hydrogen) atoms. The van der Waals surface area contributed by atoms with E-state index in [0.717, 1.165) is 36.9 Å². The summed E-state index contributed by atoms with van der Waals surface area (Å²) >= 11 is 6.32. The highest BCUT2D eigenvalue weighted by Gasteiger charge is 2.30. The third kappa shape index (κ3) is 2.79. The lowest BCUT2D eigenvalue weighted by atomic mass is 10.0. The summed E-state index contributed by atoms with van der Waals surface area (Å²) in [5, 5.41) is 3.95. The molecule has 1 aliphatic heterocycles. The van der Waals surface area contributed by atoms with E-state index in [1.54, 1.807) is 0 Å². The zero-order chi connectivity index (χ0) is 13.2. The van der Waals surface area contributed by atoms with E-state index in [-0.39, 0.29) is 5.54 Å². The van der Waals surface area contributed by atoms with E-state index in [9.17, 15) is 0 Å². The highest BCUT2D eigenvalue weighted by atomic mass is 35.5. The molecule has 1 aromatic rings. The van der Waals surface area contributed by atoms with Gasteiger partial charge in [-0.05, 0) is 38.6 Å². The van der Waals surface area contributed by atoms with Crippen LogP contribution < -0.4 is 10.2 Å². The summed E-state index contributed by atoms with van der Waals surface area (Å²) in [5.41, 5.74) is 2.33. The van der Waals surface area contributed by atoms with Crippen molar-refractivity contribution >= 4 is 17.3 Å². The minimum absolute atomic E-state index is 0.0199. The second kappa shape index (κ2) is 5.47. The summed E-state index contributed by atoms with van der Waals surface area (Å²) < 4.78 is 5.54. The molecule has 0 radical (unpaired) electrons. The fraction of sp³-hybridized carbons (Fsp3) is 0.571. The molecule has 4 heteroatoms. The molecule has 1 fully saturated rings. The van der Waals surface area contributed by atoms with Crippen molar-refractivity contribution in [3.05, 3.63) is 28.8 Å². The van der Waals surface area contributed by atoms with Crippen molar-refractivity contribution in [2.75, 3.05) is 31.7 Å². The van der Waals surface area contributed by atoms with Gasteiger partial charge in [0.15, 0.2) is 0 Å². The molecule has 1 aliphatic rings. The molecule has 0 unspecified atom stereocenters. The van der Waals surface area contributed by atoms with Crippen LogP contribution in [-0.4, -0.2) is 32.3 Å². The Morgan fingerprint density at radius 2 is 2.22 bits per heavy atom. The molecule has 2 rings (SSSR count). The predicted molar refractivity (Wildman–Crippen MR) is 76.5 cm³/mol. The van der Waals surface area contributed by atoms with Crippen LogP contribution in [0.15, 0.2) is 18.2 Å². The third-order valence-electron chi connectivity index (χ3n) is 3.36. The first-order valence-corrected chi connectivity index (χ1v) is 6.71. The number of hydrogen-bond acceptors (Lipinski definition) is 3. The SMILES string of the molecule is CNCc1ccc(N2CCOCC2(C)C)cc1Cl. The Morgan fingerprint density at radius 3 is 2.83 bits per heavy atom. The van der Waals surface area contributed by atoms with E-state index < -0.39 is 0 Å². The Balaban J connectivity index is 2.25. The molecule has 0 spiro atoms. The van der Waals surface area contributed by atoms with E-state index in [1.807, 2.05) is 7.05 Å². The number of morpholine rings is 1. The van der Waals surface area contributed by atoms with Crippen molar-refractivity contribution in [3.63, 3.8) is 0 Å². The van der Waals surface area contributed by atoms with E-state index in [4.69, 9.17) is 16.3 Å².